The maximum absolute atomic E-state index is 11.7. The molecule has 0 aliphatic carbocycles. The van der Waals surface area contributed by atoms with Crippen LogP contribution in [0.1, 0.15) is 19.4 Å². The molecule has 0 saturated heterocycles. The first-order chi connectivity index (χ1) is 8.32. The highest BCUT2D eigenvalue weighted by Crippen LogP contribution is 2.57. The molecule has 1 aromatic rings. The Morgan fingerprint density at radius 1 is 1.33 bits per heavy atom. The number of hydrogen-bond acceptors (Lipinski definition) is 3. The number of rotatable bonds is 5. The molecular formula is C10H12Cl3O3PS. The van der Waals surface area contributed by atoms with Gasteiger partial charge in [-0.25, -0.2) is 4.57 Å². The van der Waals surface area contributed by atoms with Crippen LogP contribution in [0.2, 0.25) is 15.1 Å². The lowest BCUT2D eigenvalue weighted by Crippen LogP contribution is -1.94. The van der Waals surface area contributed by atoms with Crippen LogP contribution in [-0.4, -0.2) is 10.6 Å². The van der Waals surface area contributed by atoms with Crippen LogP contribution in [0.25, 0.3) is 0 Å². The van der Waals surface area contributed by atoms with Gasteiger partial charge in [0.1, 0.15) is 5.75 Å². The molecule has 1 unspecified atom stereocenters. The Morgan fingerprint density at radius 3 is 2.44 bits per heavy atom. The average molecular weight is 350 g/mol. The molecule has 1 aromatic carbocycles. The first-order valence-corrected chi connectivity index (χ1v) is 9.45. The van der Waals surface area contributed by atoms with Gasteiger partial charge in [-0.1, -0.05) is 48.7 Å². The molecule has 3 nitrogen and oxygen atoms in total. The summed E-state index contributed by atoms with van der Waals surface area (Å²) in [4.78, 5) is 9.58. The minimum absolute atomic E-state index is 0.0784. The van der Waals surface area contributed by atoms with Gasteiger partial charge < -0.3 is 9.42 Å². The third-order valence-corrected chi connectivity index (χ3v) is 6.30. The second kappa shape index (κ2) is 6.74. The van der Waals surface area contributed by atoms with Crippen LogP contribution in [0, 0.1) is 0 Å². The first kappa shape index (κ1) is 16.5. The van der Waals surface area contributed by atoms with Crippen LogP contribution < -0.4 is 4.52 Å². The molecule has 1 atom stereocenters. The van der Waals surface area contributed by atoms with E-state index in [1.807, 2.05) is 6.92 Å². The van der Waals surface area contributed by atoms with Crippen molar-refractivity contribution >= 4 is 53.0 Å². The Bertz CT molecular complexity index is 496. The normalized spacial score (nSPS) is 14.3. The van der Waals surface area contributed by atoms with E-state index in [9.17, 15) is 9.46 Å². The van der Waals surface area contributed by atoms with E-state index in [0.717, 1.165) is 11.4 Å². The monoisotopic (exact) mass is 348 g/mol. The van der Waals surface area contributed by atoms with Crippen molar-refractivity contribution < 1.29 is 14.0 Å². The zero-order chi connectivity index (χ0) is 13.9. The smallest absolute Gasteiger partial charge is 0.415 e. The summed E-state index contributed by atoms with van der Waals surface area (Å²) in [5, 5.41) is 0.805. The largest absolute Gasteiger partial charge is 0.437 e. The van der Waals surface area contributed by atoms with Crippen LogP contribution in [-0.2, 0) is 11.0 Å². The Hall–Kier alpha value is 0.430. The van der Waals surface area contributed by atoms with Crippen molar-refractivity contribution in [2.24, 2.45) is 0 Å². The molecule has 0 fully saturated rings. The molecule has 0 aliphatic heterocycles. The van der Waals surface area contributed by atoms with Gasteiger partial charge in [-0.05, 0) is 23.4 Å². The molecule has 8 heteroatoms. The van der Waals surface area contributed by atoms with E-state index >= 15 is 0 Å². The van der Waals surface area contributed by atoms with Gasteiger partial charge >= 0.3 is 6.80 Å². The number of benzene rings is 1. The third-order valence-electron chi connectivity index (χ3n) is 2.07. The van der Waals surface area contributed by atoms with Gasteiger partial charge in [0.05, 0.1) is 15.1 Å². The summed E-state index contributed by atoms with van der Waals surface area (Å²) in [6.45, 7) is -0.168. The second-order valence-electron chi connectivity index (χ2n) is 3.29. The molecule has 102 valence electrons. The zero-order valence-electron chi connectivity index (χ0n) is 9.74. The maximum atomic E-state index is 11.7. The Balaban J connectivity index is 3.19. The summed E-state index contributed by atoms with van der Waals surface area (Å²) in [7, 11) is 0. The van der Waals surface area contributed by atoms with Gasteiger partial charge in [-0.3, -0.25) is 0 Å². The van der Waals surface area contributed by atoms with E-state index in [-0.39, 0.29) is 15.8 Å². The fourth-order valence-corrected chi connectivity index (χ4v) is 4.39. The Morgan fingerprint density at radius 2 is 1.94 bits per heavy atom. The van der Waals surface area contributed by atoms with Gasteiger partial charge in [-0.2, -0.15) is 0 Å². The fourth-order valence-electron chi connectivity index (χ4n) is 1.32. The predicted molar refractivity (Wildman–Crippen MR) is 79.4 cm³/mol. The number of hydrogen-bond donors (Lipinski definition) is 1. The summed E-state index contributed by atoms with van der Waals surface area (Å²) in [5.74, 6) is 0.530. The molecule has 18 heavy (non-hydrogen) atoms. The summed E-state index contributed by atoms with van der Waals surface area (Å²) in [5.41, 5.74) is 0.599. The minimum atomic E-state index is -3.78. The lowest BCUT2D eigenvalue weighted by molar-refractivity contribution is 0.402. The summed E-state index contributed by atoms with van der Waals surface area (Å²) in [6, 6.07) is 1.35. The van der Waals surface area contributed by atoms with E-state index in [0.29, 0.717) is 22.8 Å². The first-order valence-electron chi connectivity index (χ1n) is 5.15. The summed E-state index contributed by atoms with van der Waals surface area (Å²) < 4.78 is 16.7. The van der Waals surface area contributed by atoms with E-state index in [1.165, 1.54) is 6.07 Å². The standard InChI is InChI=1S/C10H12Cl3O3PS/c1-3-6-9(12)7(11)5-8(10(6)13)16-17(14,15)18-4-2/h5H,3-4H2,1-2H3,(H,14,15). The topological polar surface area (TPSA) is 46.5 Å². The van der Waals surface area contributed by atoms with Crippen LogP contribution in [0.3, 0.4) is 0 Å². The third kappa shape index (κ3) is 3.96. The SMILES string of the molecule is CCSP(=O)(O)Oc1cc(Cl)c(Cl)c(CC)c1Cl. The second-order valence-corrected chi connectivity index (χ2v) is 8.57. The highest BCUT2D eigenvalue weighted by molar-refractivity contribution is 8.54. The van der Waals surface area contributed by atoms with Gasteiger partial charge in [-0.15, -0.1) is 0 Å². The molecule has 0 saturated carbocycles. The molecule has 0 bridgehead atoms. The molecular weight excluding hydrogens is 338 g/mol. The fraction of sp³-hybridized carbons (Fsp3) is 0.400. The molecule has 0 aliphatic rings. The molecule has 1 rings (SSSR count). The van der Waals surface area contributed by atoms with E-state index < -0.39 is 6.80 Å². The van der Waals surface area contributed by atoms with Crippen LogP contribution in [0.5, 0.6) is 5.75 Å². The van der Waals surface area contributed by atoms with Crippen molar-refractivity contribution in [2.75, 3.05) is 5.75 Å². The van der Waals surface area contributed by atoms with Gasteiger partial charge in [0.2, 0.25) is 0 Å². The molecule has 0 heterocycles. The highest BCUT2D eigenvalue weighted by Gasteiger charge is 2.24. The minimum Gasteiger partial charge on any atom is -0.415 e. The van der Waals surface area contributed by atoms with Crippen molar-refractivity contribution in [2.45, 2.75) is 20.3 Å². The Kier molecular flexibility index (Phi) is 6.17. The molecule has 0 radical (unpaired) electrons. The van der Waals surface area contributed by atoms with Crippen molar-refractivity contribution in [1.29, 1.82) is 0 Å². The summed E-state index contributed by atoms with van der Waals surface area (Å²) >= 11 is 18.8. The summed E-state index contributed by atoms with van der Waals surface area (Å²) in [6.07, 6.45) is 0.547. The number of halogens is 3. The van der Waals surface area contributed by atoms with E-state index in [1.54, 1.807) is 6.92 Å². The lowest BCUT2D eigenvalue weighted by atomic mass is 10.1. The zero-order valence-corrected chi connectivity index (χ0v) is 13.7. The van der Waals surface area contributed by atoms with Crippen LogP contribution >= 0.6 is 53.0 Å². The van der Waals surface area contributed by atoms with Crippen molar-refractivity contribution in [1.82, 2.24) is 0 Å². The van der Waals surface area contributed by atoms with Gasteiger partial charge in [0.25, 0.3) is 0 Å². The molecule has 0 spiro atoms. The molecule has 0 aromatic heterocycles. The van der Waals surface area contributed by atoms with Crippen LogP contribution in [0.15, 0.2) is 6.07 Å². The van der Waals surface area contributed by atoms with E-state index in [4.69, 9.17) is 39.3 Å². The molecule has 0 amide bonds. The van der Waals surface area contributed by atoms with Crippen molar-refractivity contribution in [3.63, 3.8) is 0 Å². The van der Waals surface area contributed by atoms with Gasteiger partial charge in [0, 0.05) is 11.8 Å². The highest BCUT2D eigenvalue weighted by atomic mass is 35.5. The van der Waals surface area contributed by atoms with Gasteiger partial charge in [0.15, 0.2) is 0 Å². The predicted octanol–water partition coefficient (Wildman–Crippen LogP) is 5.44. The van der Waals surface area contributed by atoms with Crippen LogP contribution in [0.4, 0.5) is 0 Å². The quantitative estimate of drug-likeness (QED) is 0.568. The Labute approximate surface area is 125 Å². The average Bonchev–Trinajstić information content (AvgIpc) is 2.26. The van der Waals surface area contributed by atoms with E-state index in [2.05, 4.69) is 0 Å². The van der Waals surface area contributed by atoms with Crippen molar-refractivity contribution in [3.05, 3.63) is 26.7 Å². The maximum Gasteiger partial charge on any atom is 0.437 e. The van der Waals surface area contributed by atoms with Crippen molar-refractivity contribution in [3.8, 4) is 5.75 Å². The molecule has 1 N–H and O–H groups in total. The lowest BCUT2D eigenvalue weighted by Gasteiger charge is -2.16.